The standard InChI is InChI=1S/C30H40O/c1-3-5-6-7-8-24-31-30-22-20-29(21-23-30)28-18-16-27(17-19-28)15-14-26-12-10-25(9-4-2)11-13-26/h10-13,20-23,27-28H,3-9,16-19,24H2,1-2H3/t27-,28-. The average Bonchev–Trinajstić information content (AvgIpc) is 2.82. The van der Waals surface area contributed by atoms with Gasteiger partial charge < -0.3 is 4.74 Å². The van der Waals surface area contributed by atoms with E-state index in [2.05, 4.69) is 74.2 Å². The minimum atomic E-state index is 0.543. The molecule has 0 aromatic heterocycles. The van der Waals surface area contributed by atoms with E-state index in [1.807, 2.05) is 0 Å². The Hall–Kier alpha value is -2.20. The minimum Gasteiger partial charge on any atom is -0.494 e. The Morgan fingerprint density at radius 2 is 1.48 bits per heavy atom. The van der Waals surface area contributed by atoms with Crippen LogP contribution in [0.1, 0.15) is 101 Å². The van der Waals surface area contributed by atoms with Gasteiger partial charge in [-0.3, -0.25) is 0 Å². The van der Waals surface area contributed by atoms with Gasteiger partial charge in [0.1, 0.15) is 5.75 Å². The van der Waals surface area contributed by atoms with Crippen LogP contribution in [0.25, 0.3) is 0 Å². The molecule has 0 N–H and O–H groups in total. The molecule has 1 aliphatic rings. The predicted molar refractivity (Wildman–Crippen MR) is 133 cm³/mol. The van der Waals surface area contributed by atoms with Gasteiger partial charge in [-0.25, -0.2) is 0 Å². The second kappa shape index (κ2) is 13.3. The van der Waals surface area contributed by atoms with Gasteiger partial charge in [0.05, 0.1) is 6.61 Å². The highest BCUT2D eigenvalue weighted by Crippen LogP contribution is 2.36. The quantitative estimate of drug-likeness (QED) is 0.279. The molecule has 1 heteroatoms. The summed E-state index contributed by atoms with van der Waals surface area (Å²) < 4.78 is 5.92. The first kappa shape index (κ1) is 23.5. The monoisotopic (exact) mass is 416 g/mol. The normalized spacial score (nSPS) is 18.3. The molecule has 0 atom stereocenters. The highest BCUT2D eigenvalue weighted by Gasteiger charge is 2.21. The van der Waals surface area contributed by atoms with Crippen LogP contribution in [-0.2, 0) is 6.42 Å². The summed E-state index contributed by atoms with van der Waals surface area (Å²) in [5.41, 5.74) is 4.04. The fraction of sp³-hybridized carbons (Fsp3) is 0.533. The molecule has 2 aromatic carbocycles. The Kier molecular flexibility index (Phi) is 10.0. The van der Waals surface area contributed by atoms with E-state index in [4.69, 9.17) is 4.74 Å². The number of benzene rings is 2. The lowest BCUT2D eigenvalue weighted by Gasteiger charge is -2.26. The van der Waals surface area contributed by atoms with Gasteiger partial charge in [-0.15, -0.1) is 0 Å². The van der Waals surface area contributed by atoms with Crippen molar-refractivity contribution in [3.05, 3.63) is 65.2 Å². The molecule has 2 aromatic rings. The van der Waals surface area contributed by atoms with Gasteiger partial charge in [0.2, 0.25) is 0 Å². The second-order valence-electron chi connectivity index (χ2n) is 9.10. The molecule has 0 heterocycles. The first-order valence-electron chi connectivity index (χ1n) is 12.6. The van der Waals surface area contributed by atoms with Crippen molar-refractivity contribution in [2.75, 3.05) is 6.61 Å². The second-order valence-corrected chi connectivity index (χ2v) is 9.10. The van der Waals surface area contributed by atoms with Gasteiger partial charge in [0.25, 0.3) is 0 Å². The zero-order valence-electron chi connectivity index (χ0n) is 19.7. The number of ether oxygens (including phenoxy) is 1. The average molecular weight is 417 g/mol. The Balaban J connectivity index is 1.40. The molecule has 0 amide bonds. The summed E-state index contributed by atoms with van der Waals surface area (Å²) in [5.74, 6) is 9.19. The van der Waals surface area contributed by atoms with Gasteiger partial charge in [-0.2, -0.15) is 0 Å². The summed E-state index contributed by atoms with van der Waals surface area (Å²) in [6.07, 6.45) is 13.7. The SMILES string of the molecule is CCCCCCCOc1ccc([C@H]2CC[C@H](C#Cc3ccc(CCC)cc3)CC2)cc1. The number of unbranched alkanes of at least 4 members (excludes halogenated alkanes) is 4. The zero-order valence-corrected chi connectivity index (χ0v) is 19.7. The van der Waals surface area contributed by atoms with Crippen molar-refractivity contribution in [2.45, 2.75) is 90.4 Å². The van der Waals surface area contributed by atoms with Crippen LogP contribution >= 0.6 is 0 Å². The fourth-order valence-corrected chi connectivity index (χ4v) is 4.53. The van der Waals surface area contributed by atoms with Crippen molar-refractivity contribution in [2.24, 2.45) is 5.92 Å². The van der Waals surface area contributed by atoms with Crippen molar-refractivity contribution >= 4 is 0 Å². The molecule has 0 saturated heterocycles. The molecule has 0 unspecified atom stereocenters. The van der Waals surface area contributed by atoms with Gasteiger partial charge in [-0.1, -0.05) is 82.1 Å². The third kappa shape index (κ3) is 8.10. The van der Waals surface area contributed by atoms with E-state index in [0.29, 0.717) is 11.8 Å². The van der Waals surface area contributed by atoms with Crippen LogP contribution in [0, 0.1) is 17.8 Å². The van der Waals surface area contributed by atoms with Crippen LogP contribution in [0.5, 0.6) is 5.75 Å². The minimum absolute atomic E-state index is 0.543. The first-order valence-corrected chi connectivity index (χ1v) is 12.6. The van der Waals surface area contributed by atoms with Crippen LogP contribution in [0.3, 0.4) is 0 Å². The summed E-state index contributed by atoms with van der Waals surface area (Å²) in [6, 6.07) is 17.7. The smallest absolute Gasteiger partial charge is 0.119 e. The molecule has 1 fully saturated rings. The van der Waals surface area contributed by atoms with Crippen LogP contribution in [0.4, 0.5) is 0 Å². The maximum absolute atomic E-state index is 5.92. The topological polar surface area (TPSA) is 9.23 Å². The number of rotatable bonds is 10. The summed E-state index contributed by atoms with van der Waals surface area (Å²) in [6.45, 7) is 5.32. The fourth-order valence-electron chi connectivity index (χ4n) is 4.53. The molecule has 1 saturated carbocycles. The Morgan fingerprint density at radius 3 is 2.16 bits per heavy atom. The highest BCUT2D eigenvalue weighted by molar-refractivity contribution is 5.37. The highest BCUT2D eigenvalue weighted by atomic mass is 16.5. The number of hydrogen-bond donors (Lipinski definition) is 0. The molecule has 1 nitrogen and oxygen atoms in total. The van der Waals surface area contributed by atoms with Crippen molar-refractivity contribution < 1.29 is 4.74 Å². The Bertz CT molecular complexity index is 798. The predicted octanol–water partition coefficient (Wildman–Crippen LogP) is 8.31. The Labute approximate surface area is 190 Å². The molecule has 0 radical (unpaired) electrons. The molecule has 0 bridgehead atoms. The van der Waals surface area contributed by atoms with Crippen molar-refractivity contribution in [3.8, 4) is 17.6 Å². The van der Waals surface area contributed by atoms with E-state index in [9.17, 15) is 0 Å². The third-order valence-electron chi connectivity index (χ3n) is 6.51. The number of aryl methyl sites for hydroxylation is 1. The van der Waals surface area contributed by atoms with Crippen LogP contribution < -0.4 is 4.74 Å². The van der Waals surface area contributed by atoms with Gasteiger partial charge in [0.15, 0.2) is 0 Å². The van der Waals surface area contributed by atoms with Crippen LogP contribution in [0.2, 0.25) is 0 Å². The summed E-state index contributed by atoms with van der Waals surface area (Å²) in [4.78, 5) is 0. The molecule has 166 valence electrons. The lowest BCUT2D eigenvalue weighted by Crippen LogP contribution is -2.12. The van der Waals surface area contributed by atoms with Crippen LogP contribution in [0.15, 0.2) is 48.5 Å². The summed E-state index contributed by atoms with van der Waals surface area (Å²) in [5, 5.41) is 0. The Morgan fingerprint density at radius 1 is 0.774 bits per heavy atom. The van der Waals surface area contributed by atoms with Crippen molar-refractivity contribution in [1.29, 1.82) is 0 Å². The molecular formula is C30H40O. The van der Waals surface area contributed by atoms with E-state index in [-0.39, 0.29) is 0 Å². The van der Waals surface area contributed by atoms with E-state index >= 15 is 0 Å². The molecule has 3 rings (SSSR count). The molecule has 31 heavy (non-hydrogen) atoms. The molecular weight excluding hydrogens is 376 g/mol. The van der Waals surface area contributed by atoms with E-state index in [1.54, 1.807) is 0 Å². The molecule has 0 aliphatic heterocycles. The van der Waals surface area contributed by atoms with E-state index in [1.165, 1.54) is 68.9 Å². The lowest BCUT2D eigenvalue weighted by atomic mass is 9.79. The third-order valence-corrected chi connectivity index (χ3v) is 6.51. The number of hydrogen-bond acceptors (Lipinski definition) is 1. The molecule has 1 aliphatic carbocycles. The summed E-state index contributed by atoms with van der Waals surface area (Å²) in [7, 11) is 0. The van der Waals surface area contributed by atoms with Gasteiger partial charge in [-0.05, 0) is 79.8 Å². The van der Waals surface area contributed by atoms with Gasteiger partial charge >= 0.3 is 0 Å². The van der Waals surface area contributed by atoms with Crippen molar-refractivity contribution in [3.63, 3.8) is 0 Å². The van der Waals surface area contributed by atoms with Crippen molar-refractivity contribution in [1.82, 2.24) is 0 Å². The lowest BCUT2D eigenvalue weighted by molar-refractivity contribution is 0.304. The molecule has 0 spiro atoms. The van der Waals surface area contributed by atoms with E-state index in [0.717, 1.165) is 30.8 Å². The first-order chi connectivity index (χ1) is 15.3. The van der Waals surface area contributed by atoms with Gasteiger partial charge in [0, 0.05) is 11.5 Å². The largest absolute Gasteiger partial charge is 0.494 e. The van der Waals surface area contributed by atoms with Crippen LogP contribution in [-0.4, -0.2) is 6.61 Å². The summed E-state index contributed by atoms with van der Waals surface area (Å²) >= 11 is 0. The van der Waals surface area contributed by atoms with E-state index < -0.39 is 0 Å². The zero-order chi connectivity index (χ0) is 21.7. The maximum Gasteiger partial charge on any atom is 0.119 e. The maximum atomic E-state index is 5.92.